The molecule has 2 aromatic heterocycles. The SMILES string of the molecule is CC(=O)c1ccc(C(=O)NCC(c2cccs2)N2CCOCC2)s1. The van der Waals surface area contributed by atoms with Gasteiger partial charge in [0.05, 0.1) is 29.0 Å². The van der Waals surface area contributed by atoms with E-state index in [-0.39, 0.29) is 17.7 Å². The number of amides is 1. The second kappa shape index (κ2) is 8.02. The predicted octanol–water partition coefficient (Wildman–Crippen LogP) is 2.82. The van der Waals surface area contributed by atoms with Crippen molar-refractivity contribution in [2.75, 3.05) is 32.8 Å². The van der Waals surface area contributed by atoms with Crippen molar-refractivity contribution in [3.8, 4) is 0 Å². The maximum Gasteiger partial charge on any atom is 0.261 e. The summed E-state index contributed by atoms with van der Waals surface area (Å²) < 4.78 is 5.43. The lowest BCUT2D eigenvalue weighted by molar-refractivity contribution is 0.0169. The van der Waals surface area contributed by atoms with Gasteiger partial charge in [-0.15, -0.1) is 22.7 Å². The van der Waals surface area contributed by atoms with Crippen molar-refractivity contribution in [2.45, 2.75) is 13.0 Å². The zero-order chi connectivity index (χ0) is 16.9. The first-order chi connectivity index (χ1) is 11.6. The van der Waals surface area contributed by atoms with Gasteiger partial charge in [0.1, 0.15) is 0 Å². The Morgan fingerprint density at radius 1 is 1.25 bits per heavy atom. The summed E-state index contributed by atoms with van der Waals surface area (Å²) in [5, 5.41) is 5.08. The highest BCUT2D eigenvalue weighted by molar-refractivity contribution is 7.16. The number of morpholine rings is 1. The number of hydrogen-bond donors (Lipinski definition) is 1. The molecule has 7 heteroatoms. The van der Waals surface area contributed by atoms with Crippen molar-refractivity contribution in [2.24, 2.45) is 0 Å². The van der Waals surface area contributed by atoms with Gasteiger partial charge in [-0.25, -0.2) is 0 Å². The fraction of sp³-hybridized carbons (Fsp3) is 0.412. The van der Waals surface area contributed by atoms with Gasteiger partial charge in [-0.1, -0.05) is 6.07 Å². The number of ketones is 1. The fourth-order valence-electron chi connectivity index (χ4n) is 2.71. The zero-order valence-electron chi connectivity index (χ0n) is 13.5. The summed E-state index contributed by atoms with van der Waals surface area (Å²) in [6.07, 6.45) is 0. The van der Waals surface area contributed by atoms with E-state index >= 15 is 0 Å². The summed E-state index contributed by atoms with van der Waals surface area (Å²) in [5.41, 5.74) is 0. The van der Waals surface area contributed by atoms with Crippen LogP contribution in [0.4, 0.5) is 0 Å². The van der Waals surface area contributed by atoms with Crippen LogP contribution in [0.25, 0.3) is 0 Å². The zero-order valence-corrected chi connectivity index (χ0v) is 15.1. The minimum Gasteiger partial charge on any atom is -0.379 e. The number of thiophene rings is 2. The van der Waals surface area contributed by atoms with Crippen molar-refractivity contribution >= 4 is 34.4 Å². The number of ether oxygens (including phenoxy) is 1. The highest BCUT2D eigenvalue weighted by Crippen LogP contribution is 2.25. The van der Waals surface area contributed by atoms with Crippen LogP contribution in [-0.4, -0.2) is 49.4 Å². The molecule has 0 saturated carbocycles. The number of carbonyl (C=O) groups is 2. The first kappa shape index (κ1) is 17.3. The van der Waals surface area contributed by atoms with Crippen molar-refractivity contribution in [1.82, 2.24) is 10.2 Å². The van der Waals surface area contributed by atoms with Gasteiger partial charge >= 0.3 is 0 Å². The number of rotatable bonds is 6. The second-order valence-electron chi connectivity index (χ2n) is 5.61. The molecule has 1 atom stereocenters. The van der Waals surface area contributed by atoms with E-state index in [9.17, 15) is 9.59 Å². The third-order valence-electron chi connectivity index (χ3n) is 3.99. The van der Waals surface area contributed by atoms with Crippen LogP contribution in [0.5, 0.6) is 0 Å². The summed E-state index contributed by atoms with van der Waals surface area (Å²) in [5.74, 6) is -0.133. The predicted molar refractivity (Wildman–Crippen MR) is 96.1 cm³/mol. The molecule has 1 fully saturated rings. The van der Waals surface area contributed by atoms with Crippen LogP contribution in [0, 0.1) is 0 Å². The Kier molecular flexibility index (Phi) is 5.78. The molecule has 1 amide bonds. The number of nitrogens with zero attached hydrogens (tertiary/aromatic N) is 1. The monoisotopic (exact) mass is 364 g/mol. The first-order valence-electron chi connectivity index (χ1n) is 7.89. The molecule has 1 aliphatic rings. The van der Waals surface area contributed by atoms with E-state index in [0.717, 1.165) is 26.3 Å². The molecule has 0 radical (unpaired) electrons. The van der Waals surface area contributed by atoms with Crippen molar-refractivity contribution in [3.05, 3.63) is 44.3 Å². The van der Waals surface area contributed by atoms with Gasteiger partial charge in [0, 0.05) is 24.5 Å². The molecular formula is C17H20N2O3S2. The summed E-state index contributed by atoms with van der Waals surface area (Å²) in [7, 11) is 0. The molecule has 3 heterocycles. The van der Waals surface area contributed by atoms with E-state index in [4.69, 9.17) is 4.74 Å². The lowest BCUT2D eigenvalue weighted by Gasteiger charge is -2.34. The Balaban J connectivity index is 1.66. The third-order valence-corrected chi connectivity index (χ3v) is 6.15. The number of carbonyl (C=O) groups excluding carboxylic acids is 2. The van der Waals surface area contributed by atoms with Crippen LogP contribution in [0.2, 0.25) is 0 Å². The maximum atomic E-state index is 12.4. The third kappa shape index (κ3) is 4.10. The van der Waals surface area contributed by atoms with E-state index < -0.39 is 0 Å². The van der Waals surface area contributed by atoms with Gasteiger partial charge in [-0.05, 0) is 30.5 Å². The van der Waals surface area contributed by atoms with Crippen molar-refractivity contribution in [3.63, 3.8) is 0 Å². The van der Waals surface area contributed by atoms with E-state index in [2.05, 4.69) is 21.7 Å². The van der Waals surface area contributed by atoms with Crippen LogP contribution in [0.1, 0.15) is 37.2 Å². The number of Topliss-reactive ketones (excluding diaryl/α,β-unsaturated/α-hetero) is 1. The molecule has 1 aliphatic heterocycles. The van der Waals surface area contributed by atoms with Gasteiger partial charge < -0.3 is 10.1 Å². The topological polar surface area (TPSA) is 58.6 Å². The molecule has 0 aromatic carbocycles. The van der Waals surface area contributed by atoms with Crippen LogP contribution >= 0.6 is 22.7 Å². The minimum atomic E-state index is -0.123. The highest BCUT2D eigenvalue weighted by Gasteiger charge is 2.24. The van der Waals surface area contributed by atoms with Crippen LogP contribution in [0.15, 0.2) is 29.6 Å². The van der Waals surface area contributed by atoms with E-state index in [0.29, 0.717) is 16.3 Å². The van der Waals surface area contributed by atoms with Gasteiger partial charge in [-0.2, -0.15) is 0 Å². The van der Waals surface area contributed by atoms with Crippen molar-refractivity contribution in [1.29, 1.82) is 0 Å². The standard InChI is InChI=1S/C17H20N2O3S2/c1-12(20)14-4-5-16(24-14)17(21)18-11-13(15-3-2-10-23-15)19-6-8-22-9-7-19/h2-5,10,13H,6-9,11H2,1H3,(H,18,21). The quantitative estimate of drug-likeness (QED) is 0.801. The Hall–Kier alpha value is -1.54. The molecule has 0 spiro atoms. The van der Waals surface area contributed by atoms with Crippen LogP contribution < -0.4 is 5.32 Å². The summed E-state index contributed by atoms with van der Waals surface area (Å²) in [4.78, 5) is 28.5. The Labute approximate surface area is 149 Å². The fourth-order valence-corrected chi connectivity index (χ4v) is 4.38. The minimum absolute atomic E-state index is 0.0103. The lowest BCUT2D eigenvalue weighted by Crippen LogP contribution is -2.43. The summed E-state index contributed by atoms with van der Waals surface area (Å²) >= 11 is 2.95. The molecule has 5 nitrogen and oxygen atoms in total. The maximum absolute atomic E-state index is 12.4. The highest BCUT2D eigenvalue weighted by atomic mass is 32.1. The van der Waals surface area contributed by atoms with Crippen molar-refractivity contribution < 1.29 is 14.3 Å². The molecule has 1 unspecified atom stereocenters. The molecule has 2 aromatic rings. The summed E-state index contributed by atoms with van der Waals surface area (Å²) in [6, 6.07) is 7.72. The summed E-state index contributed by atoms with van der Waals surface area (Å²) in [6.45, 7) is 5.24. The van der Waals surface area contributed by atoms with Gasteiger partial charge in [-0.3, -0.25) is 14.5 Å². The molecule has 24 heavy (non-hydrogen) atoms. The average molecular weight is 364 g/mol. The average Bonchev–Trinajstić information content (AvgIpc) is 3.28. The molecule has 128 valence electrons. The number of nitrogens with one attached hydrogen (secondary N) is 1. The smallest absolute Gasteiger partial charge is 0.261 e. The molecule has 1 saturated heterocycles. The Morgan fingerprint density at radius 2 is 2.00 bits per heavy atom. The first-order valence-corrected chi connectivity index (χ1v) is 9.59. The van der Waals surface area contributed by atoms with E-state index in [1.165, 1.54) is 23.1 Å². The van der Waals surface area contributed by atoms with Gasteiger partial charge in [0.2, 0.25) is 0 Å². The Bertz CT molecular complexity index is 691. The Morgan fingerprint density at radius 3 is 2.62 bits per heavy atom. The largest absolute Gasteiger partial charge is 0.379 e. The van der Waals surface area contributed by atoms with Crippen LogP contribution in [-0.2, 0) is 4.74 Å². The molecule has 0 bridgehead atoms. The molecule has 0 aliphatic carbocycles. The van der Waals surface area contributed by atoms with Gasteiger partial charge in [0.25, 0.3) is 5.91 Å². The lowest BCUT2D eigenvalue weighted by atomic mass is 10.2. The molecule has 3 rings (SSSR count). The van der Waals surface area contributed by atoms with E-state index in [1.807, 2.05) is 6.07 Å². The molecular weight excluding hydrogens is 344 g/mol. The molecule has 1 N–H and O–H groups in total. The number of hydrogen-bond acceptors (Lipinski definition) is 6. The van der Waals surface area contributed by atoms with E-state index in [1.54, 1.807) is 23.5 Å². The van der Waals surface area contributed by atoms with Crippen LogP contribution in [0.3, 0.4) is 0 Å². The second-order valence-corrected chi connectivity index (χ2v) is 7.67. The van der Waals surface area contributed by atoms with Gasteiger partial charge in [0.15, 0.2) is 5.78 Å². The normalized spacial score (nSPS) is 16.7.